The van der Waals surface area contributed by atoms with Crippen LogP contribution in [0.3, 0.4) is 0 Å². The Labute approximate surface area is 122 Å². The number of nitrogen functional groups attached to an aromatic ring is 1. The molecule has 1 aromatic carbocycles. The fraction of sp³-hybridized carbons (Fsp3) is 0.154. The molecule has 5 N–H and O–H groups in total. The molecule has 0 unspecified atom stereocenters. The summed E-state index contributed by atoms with van der Waals surface area (Å²) in [5.41, 5.74) is 7.08. The van der Waals surface area contributed by atoms with Crippen LogP contribution < -0.4 is 16.2 Å². The molecule has 8 heteroatoms. The van der Waals surface area contributed by atoms with Gasteiger partial charge in [0, 0.05) is 18.4 Å². The van der Waals surface area contributed by atoms with E-state index in [-0.39, 0.29) is 10.8 Å². The number of anilines is 2. The molecule has 2 aromatic rings. The van der Waals surface area contributed by atoms with E-state index in [2.05, 4.69) is 5.32 Å². The van der Waals surface area contributed by atoms with Gasteiger partial charge in [0.05, 0.1) is 10.6 Å². The number of aromatic nitrogens is 1. The molecule has 0 aliphatic carbocycles. The fourth-order valence-corrected chi connectivity index (χ4v) is 2.42. The molecule has 0 atom stereocenters. The summed E-state index contributed by atoms with van der Waals surface area (Å²) in [6, 6.07) is 7.19. The Morgan fingerprint density at radius 3 is 2.43 bits per heavy atom. The lowest BCUT2D eigenvalue weighted by Crippen LogP contribution is -2.16. The number of aryl methyl sites for hydroxylation is 1. The van der Waals surface area contributed by atoms with Crippen LogP contribution in [-0.2, 0) is 16.6 Å². The molecule has 0 saturated carbocycles. The summed E-state index contributed by atoms with van der Waals surface area (Å²) < 4.78 is 24.0. The smallest absolute Gasteiger partial charge is 0.272 e. The maximum Gasteiger partial charge on any atom is 0.272 e. The quantitative estimate of drug-likeness (QED) is 0.780. The van der Waals surface area contributed by atoms with Crippen LogP contribution in [0.5, 0.6) is 0 Å². The lowest BCUT2D eigenvalue weighted by Gasteiger charge is -2.08. The molecule has 7 nitrogen and oxygen atoms in total. The van der Waals surface area contributed by atoms with Crippen molar-refractivity contribution in [2.24, 2.45) is 5.14 Å². The van der Waals surface area contributed by atoms with E-state index in [1.54, 1.807) is 16.8 Å². The third-order valence-electron chi connectivity index (χ3n) is 2.93. The lowest BCUT2D eigenvalue weighted by molar-refractivity contribution is 0.101. The standard InChI is InChI=1S/C13H16N4O3S/c1-2-17-8-9(14)7-12(17)13(18)16-10-3-5-11(6-4-10)21(15,19)20/h3-8H,2,14H2,1H3,(H,16,18)(H2,15,19,20). The Kier molecular flexibility index (Phi) is 4.01. The van der Waals surface area contributed by atoms with Crippen molar-refractivity contribution in [3.63, 3.8) is 0 Å². The third kappa shape index (κ3) is 3.41. The van der Waals surface area contributed by atoms with E-state index in [1.807, 2.05) is 6.92 Å². The van der Waals surface area contributed by atoms with Crippen molar-refractivity contribution in [1.82, 2.24) is 4.57 Å². The molecule has 1 heterocycles. The fourth-order valence-electron chi connectivity index (χ4n) is 1.91. The number of primary sulfonamides is 1. The Morgan fingerprint density at radius 1 is 1.29 bits per heavy atom. The second-order valence-corrected chi connectivity index (χ2v) is 6.03. The maximum atomic E-state index is 12.2. The first-order valence-corrected chi connectivity index (χ1v) is 7.75. The molecule has 0 saturated heterocycles. The third-order valence-corrected chi connectivity index (χ3v) is 3.86. The molecule has 1 amide bonds. The van der Waals surface area contributed by atoms with Crippen molar-refractivity contribution in [2.75, 3.05) is 11.1 Å². The second-order valence-electron chi connectivity index (χ2n) is 4.47. The molecule has 2 rings (SSSR count). The number of sulfonamides is 1. The summed E-state index contributed by atoms with van der Waals surface area (Å²) in [5.74, 6) is -0.322. The van der Waals surface area contributed by atoms with Gasteiger partial charge in [-0.05, 0) is 37.3 Å². The van der Waals surface area contributed by atoms with Crippen LogP contribution in [0.2, 0.25) is 0 Å². The van der Waals surface area contributed by atoms with Crippen molar-refractivity contribution in [3.05, 3.63) is 42.2 Å². The number of amides is 1. The molecular weight excluding hydrogens is 292 g/mol. The predicted octanol–water partition coefficient (Wildman–Crippen LogP) is 0.990. The Morgan fingerprint density at radius 2 is 1.90 bits per heavy atom. The summed E-state index contributed by atoms with van der Waals surface area (Å²) >= 11 is 0. The molecule has 21 heavy (non-hydrogen) atoms. The van der Waals surface area contributed by atoms with Crippen molar-refractivity contribution >= 4 is 27.3 Å². The van der Waals surface area contributed by atoms with Gasteiger partial charge in [0.2, 0.25) is 10.0 Å². The van der Waals surface area contributed by atoms with Gasteiger partial charge in [0.15, 0.2) is 0 Å². The molecule has 0 aliphatic rings. The molecule has 112 valence electrons. The van der Waals surface area contributed by atoms with Crippen LogP contribution in [0.25, 0.3) is 0 Å². The molecule has 0 bridgehead atoms. The van der Waals surface area contributed by atoms with Crippen LogP contribution in [-0.4, -0.2) is 18.9 Å². The van der Waals surface area contributed by atoms with E-state index >= 15 is 0 Å². The van der Waals surface area contributed by atoms with Gasteiger partial charge >= 0.3 is 0 Å². The van der Waals surface area contributed by atoms with E-state index in [0.717, 1.165) is 0 Å². The second kappa shape index (κ2) is 5.58. The summed E-state index contributed by atoms with van der Waals surface area (Å²) in [4.78, 5) is 12.1. The number of nitrogens with two attached hydrogens (primary N) is 2. The minimum atomic E-state index is -3.74. The molecule has 0 radical (unpaired) electrons. The summed E-state index contributed by atoms with van der Waals surface area (Å²) in [6.45, 7) is 2.52. The normalized spacial score (nSPS) is 11.3. The Balaban J connectivity index is 2.20. The average Bonchev–Trinajstić information content (AvgIpc) is 2.79. The molecule has 0 fully saturated rings. The van der Waals surface area contributed by atoms with Crippen molar-refractivity contribution < 1.29 is 13.2 Å². The number of carbonyl (C=O) groups excluding carboxylic acids is 1. The summed E-state index contributed by atoms with van der Waals surface area (Å²) in [7, 11) is -3.74. The minimum Gasteiger partial charge on any atom is -0.397 e. The highest BCUT2D eigenvalue weighted by Crippen LogP contribution is 2.16. The lowest BCUT2D eigenvalue weighted by atomic mass is 10.3. The highest BCUT2D eigenvalue weighted by molar-refractivity contribution is 7.89. The molecule has 0 aliphatic heterocycles. The number of carbonyl (C=O) groups is 1. The maximum absolute atomic E-state index is 12.2. The number of hydrogen-bond donors (Lipinski definition) is 3. The topological polar surface area (TPSA) is 120 Å². The number of nitrogens with zero attached hydrogens (tertiary/aromatic N) is 1. The van der Waals surface area contributed by atoms with Gasteiger partial charge in [-0.3, -0.25) is 4.79 Å². The first-order chi connectivity index (χ1) is 9.81. The first-order valence-electron chi connectivity index (χ1n) is 6.21. The zero-order chi connectivity index (χ0) is 15.6. The zero-order valence-corrected chi connectivity index (χ0v) is 12.2. The largest absolute Gasteiger partial charge is 0.397 e. The summed E-state index contributed by atoms with van der Waals surface area (Å²) in [5, 5.41) is 7.68. The zero-order valence-electron chi connectivity index (χ0n) is 11.4. The molecular formula is C13H16N4O3S. The van der Waals surface area contributed by atoms with Gasteiger partial charge < -0.3 is 15.6 Å². The Hall–Kier alpha value is -2.32. The highest BCUT2D eigenvalue weighted by atomic mass is 32.2. The van der Waals surface area contributed by atoms with E-state index in [9.17, 15) is 13.2 Å². The minimum absolute atomic E-state index is 0.0123. The molecule has 0 spiro atoms. The number of nitrogens with one attached hydrogen (secondary N) is 1. The van der Waals surface area contributed by atoms with Gasteiger partial charge in [0.1, 0.15) is 5.69 Å². The van der Waals surface area contributed by atoms with E-state index < -0.39 is 10.0 Å². The van der Waals surface area contributed by atoms with Crippen LogP contribution in [0, 0.1) is 0 Å². The van der Waals surface area contributed by atoms with Gasteiger partial charge in [-0.25, -0.2) is 13.6 Å². The molecule has 1 aromatic heterocycles. The van der Waals surface area contributed by atoms with Gasteiger partial charge in [-0.1, -0.05) is 0 Å². The predicted molar refractivity (Wildman–Crippen MR) is 80.3 cm³/mol. The van der Waals surface area contributed by atoms with E-state index in [0.29, 0.717) is 23.6 Å². The van der Waals surface area contributed by atoms with Gasteiger partial charge in [-0.2, -0.15) is 0 Å². The van der Waals surface area contributed by atoms with Crippen LogP contribution in [0.1, 0.15) is 17.4 Å². The van der Waals surface area contributed by atoms with Crippen molar-refractivity contribution in [3.8, 4) is 0 Å². The SMILES string of the molecule is CCn1cc(N)cc1C(=O)Nc1ccc(S(N)(=O)=O)cc1. The van der Waals surface area contributed by atoms with E-state index in [1.165, 1.54) is 24.3 Å². The van der Waals surface area contributed by atoms with Crippen molar-refractivity contribution in [2.45, 2.75) is 18.4 Å². The summed E-state index contributed by atoms with van der Waals surface area (Å²) in [6.07, 6.45) is 1.68. The number of hydrogen-bond acceptors (Lipinski definition) is 4. The number of benzene rings is 1. The van der Waals surface area contributed by atoms with Crippen molar-refractivity contribution in [1.29, 1.82) is 0 Å². The first kappa shape index (κ1) is 15.1. The number of rotatable bonds is 4. The van der Waals surface area contributed by atoms with Gasteiger partial charge in [0.25, 0.3) is 5.91 Å². The van der Waals surface area contributed by atoms with Crippen LogP contribution >= 0.6 is 0 Å². The van der Waals surface area contributed by atoms with Gasteiger partial charge in [-0.15, -0.1) is 0 Å². The highest BCUT2D eigenvalue weighted by Gasteiger charge is 2.13. The van der Waals surface area contributed by atoms with Crippen LogP contribution in [0.15, 0.2) is 41.4 Å². The average molecular weight is 308 g/mol. The monoisotopic (exact) mass is 308 g/mol. The van der Waals surface area contributed by atoms with Crippen LogP contribution in [0.4, 0.5) is 11.4 Å². The Bertz CT molecular complexity index is 763. The van der Waals surface area contributed by atoms with E-state index in [4.69, 9.17) is 10.9 Å².